The van der Waals surface area contributed by atoms with Crippen molar-refractivity contribution in [1.82, 2.24) is 4.90 Å². The van der Waals surface area contributed by atoms with Gasteiger partial charge in [0.25, 0.3) is 0 Å². The van der Waals surface area contributed by atoms with Crippen LogP contribution in [-0.4, -0.2) is 23.9 Å². The number of carbonyl (C=O) groups excluding carboxylic acids is 1. The summed E-state index contributed by atoms with van der Waals surface area (Å²) >= 11 is 1.74. The van der Waals surface area contributed by atoms with Crippen LogP contribution in [0.25, 0.3) is 0 Å². The van der Waals surface area contributed by atoms with Crippen molar-refractivity contribution < 1.29 is 4.79 Å². The maximum absolute atomic E-state index is 12.5. The zero-order valence-corrected chi connectivity index (χ0v) is 10.3. The fourth-order valence-corrected chi connectivity index (χ4v) is 3.62. The van der Waals surface area contributed by atoms with Gasteiger partial charge in [-0.1, -0.05) is 6.07 Å². The van der Waals surface area contributed by atoms with Crippen molar-refractivity contribution in [1.29, 1.82) is 0 Å². The highest BCUT2D eigenvalue weighted by Gasteiger charge is 2.53. The molecule has 2 nitrogen and oxygen atoms in total. The van der Waals surface area contributed by atoms with E-state index in [0.29, 0.717) is 5.91 Å². The molecule has 2 aliphatic rings. The zero-order valence-electron chi connectivity index (χ0n) is 9.45. The van der Waals surface area contributed by atoms with Gasteiger partial charge in [0.05, 0.1) is 5.41 Å². The second kappa shape index (κ2) is 3.88. The number of rotatable bonds is 2. The summed E-state index contributed by atoms with van der Waals surface area (Å²) in [6, 6.07) is 4.18. The second-order valence-corrected chi connectivity index (χ2v) is 5.86. The SMILES string of the molecule is O=C(N1CCCCC1)C1(c2cccs2)CC1. The second-order valence-electron chi connectivity index (χ2n) is 4.91. The molecule has 2 fully saturated rings. The largest absolute Gasteiger partial charge is 0.342 e. The number of hydrogen-bond donors (Lipinski definition) is 0. The summed E-state index contributed by atoms with van der Waals surface area (Å²) in [4.78, 5) is 15.9. The summed E-state index contributed by atoms with van der Waals surface area (Å²) < 4.78 is 0. The van der Waals surface area contributed by atoms with E-state index >= 15 is 0 Å². The highest BCUT2D eigenvalue weighted by Crippen LogP contribution is 2.51. The van der Waals surface area contributed by atoms with Gasteiger partial charge < -0.3 is 4.90 Å². The van der Waals surface area contributed by atoms with Gasteiger partial charge in [-0.15, -0.1) is 11.3 Å². The maximum atomic E-state index is 12.5. The molecule has 0 radical (unpaired) electrons. The van der Waals surface area contributed by atoms with Gasteiger partial charge in [-0.05, 0) is 43.6 Å². The Morgan fingerprint density at radius 3 is 2.56 bits per heavy atom. The number of likely N-dealkylation sites (tertiary alicyclic amines) is 1. The molecule has 1 aromatic heterocycles. The molecule has 1 saturated carbocycles. The van der Waals surface area contributed by atoms with Gasteiger partial charge >= 0.3 is 0 Å². The Kier molecular flexibility index (Phi) is 2.51. The van der Waals surface area contributed by atoms with Gasteiger partial charge in [0.1, 0.15) is 0 Å². The van der Waals surface area contributed by atoms with E-state index in [9.17, 15) is 4.79 Å². The lowest BCUT2D eigenvalue weighted by Crippen LogP contribution is -2.42. The van der Waals surface area contributed by atoms with Crippen LogP contribution in [0.15, 0.2) is 17.5 Å². The van der Waals surface area contributed by atoms with Gasteiger partial charge in [0.15, 0.2) is 0 Å². The van der Waals surface area contributed by atoms with Crippen molar-refractivity contribution in [2.75, 3.05) is 13.1 Å². The molecule has 0 atom stereocenters. The number of thiophene rings is 1. The molecule has 0 aromatic carbocycles. The highest BCUT2D eigenvalue weighted by molar-refractivity contribution is 7.10. The molecule has 0 bridgehead atoms. The van der Waals surface area contributed by atoms with Crippen LogP contribution in [0, 0.1) is 0 Å². The molecule has 3 rings (SSSR count). The average Bonchev–Trinajstić information content (AvgIpc) is 2.97. The number of hydrogen-bond acceptors (Lipinski definition) is 2. The van der Waals surface area contributed by atoms with E-state index < -0.39 is 0 Å². The van der Waals surface area contributed by atoms with Crippen molar-refractivity contribution in [2.45, 2.75) is 37.5 Å². The zero-order chi connectivity index (χ0) is 11.0. The van der Waals surface area contributed by atoms with Crippen LogP contribution >= 0.6 is 11.3 Å². The Hall–Kier alpha value is -0.830. The number of carbonyl (C=O) groups is 1. The number of nitrogens with zero attached hydrogens (tertiary/aromatic N) is 1. The predicted octanol–water partition coefficient (Wildman–Crippen LogP) is 2.79. The first-order valence-corrected chi connectivity index (χ1v) is 7.04. The Morgan fingerprint density at radius 2 is 2.00 bits per heavy atom. The summed E-state index contributed by atoms with van der Waals surface area (Å²) in [5.41, 5.74) is -0.106. The van der Waals surface area contributed by atoms with Gasteiger partial charge in [-0.3, -0.25) is 4.79 Å². The first kappa shape index (κ1) is 10.3. The normalized spacial score (nSPS) is 23.1. The van der Waals surface area contributed by atoms with Crippen LogP contribution in [-0.2, 0) is 10.2 Å². The quantitative estimate of drug-likeness (QED) is 0.772. The van der Waals surface area contributed by atoms with E-state index in [1.807, 2.05) is 0 Å². The third kappa shape index (κ3) is 1.58. The fraction of sp³-hybridized carbons (Fsp3) is 0.615. The Morgan fingerprint density at radius 1 is 1.25 bits per heavy atom. The Bertz CT molecular complexity index is 375. The molecule has 0 unspecified atom stereocenters. The molecule has 1 amide bonds. The lowest BCUT2D eigenvalue weighted by atomic mass is 10.0. The lowest BCUT2D eigenvalue weighted by Gasteiger charge is -2.30. The van der Waals surface area contributed by atoms with Gasteiger partial charge in [0, 0.05) is 18.0 Å². The minimum atomic E-state index is -0.106. The van der Waals surface area contributed by atoms with Crippen molar-refractivity contribution in [3.8, 4) is 0 Å². The molecule has 1 aromatic rings. The number of amides is 1. The predicted molar refractivity (Wildman–Crippen MR) is 65.7 cm³/mol. The van der Waals surface area contributed by atoms with Crippen LogP contribution in [0.1, 0.15) is 37.0 Å². The van der Waals surface area contributed by atoms with E-state index in [1.54, 1.807) is 11.3 Å². The third-order valence-electron chi connectivity index (χ3n) is 3.80. The van der Waals surface area contributed by atoms with E-state index in [4.69, 9.17) is 0 Å². The molecule has 1 saturated heterocycles. The van der Waals surface area contributed by atoms with E-state index in [2.05, 4.69) is 22.4 Å². The van der Waals surface area contributed by atoms with Gasteiger partial charge in [-0.2, -0.15) is 0 Å². The minimum Gasteiger partial charge on any atom is -0.342 e. The fourth-order valence-electron chi connectivity index (χ4n) is 2.64. The Labute approximate surface area is 100 Å². The standard InChI is InChI=1S/C13H17NOS/c15-12(14-8-2-1-3-9-14)13(6-7-13)11-5-4-10-16-11/h4-5,10H,1-3,6-9H2. The van der Waals surface area contributed by atoms with Crippen LogP contribution in [0.5, 0.6) is 0 Å². The maximum Gasteiger partial charge on any atom is 0.234 e. The molecule has 2 heterocycles. The van der Waals surface area contributed by atoms with Crippen molar-refractivity contribution in [2.24, 2.45) is 0 Å². The van der Waals surface area contributed by atoms with Crippen molar-refractivity contribution >= 4 is 17.2 Å². The molecule has 16 heavy (non-hydrogen) atoms. The third-order valence-corrected chi connectivity index (χ3v) is 4.87. The minimum absolute atomic E-state index is 0.106. The summed E-state index contributed by atoms with van der Waals surface area (Å²) in [5, 5.41) is 2.08. The van der Waals surface area contributed by atoms with Crippen molar-refractivity contribution in [3.63, 3.8) is 0 Å². The Balaban J connectivity index is 1.79. The molecule has 1 aliphatic heterocycles. The molecule has 86 valence electrons. The summed E-state index contributed by atoms with van der Waals surface area (Å²) in [6.45, 7) is 1.96. The van der Waals surface area contributed by atoms with Crippen LogP contribution in [0.3, 0.4) is 0 Å². The summed E-state index contributed by atoms with van der Waals surface area (Å²) in [6.07, 6.45) is 5.78. The first-order valence-electron chi connectivity index (χ1n) is 6.16. The summed E-state index contributed by atoms with van der Waals surface area (Å²) in [5.74, 6) is 0.398. The highest BCUT2D eigenvalue weighted by atomic mass is 32.1. The van der Waals surface area contributed by atoms with Gasteiger partial charge in [0.2, 0.25) is 5.91 Å². The number of piperidine rings is 1. The molecular formula is C13H17NOS. The first-order chi connectivity index (χ1) is 7.83. The van der Waals surface area contributed by atoms with E-state index in [0.717, 1.165) is 25.9 Å². The monoisotopic (exact) mass is 235 g/mol. The average molecular weight is 235 g/mol. The lowest BCUT2D eigenvalue weighted by molar-refractivity contribution is -0.134. The van der Waals surface area contributed by atoms with Crippen LogP contribution in [0.2, 0.25) is 0 Å². The molecule has 0 N–H and O–H groups in total. The van der Waals surface area contributed by atoms with Gasteiger partial charge in [-0.25, -0.2) is 0 Å². The smallest absolute Gasteiger partial charge is 0.234 e. The van der Waals surface area contributed by atoms with Crippen molar-refractivity contribution in [3.05, 3.63) is 22.4 Å². The van der Waals surface area contributed by atoms with E-state index in [1.165, 1.54) is 24.1 Å². The van der Waals surface area contributed by atoms with Crippen LogP contribution < -0.4 is 0 Å². The molecule has 0 spiro atoms. The molecular weight excluding hydrogens is 218 g/mol. The summed E-state index contributed by atoms with van der Waals surface area (Å²) in [7, 11) is 0. The van der Waals surface area contributed by atoms with Crippen LogP contribution in [0.4, 0.5) is 0 Å². The topological polar surface area (TPSA) is 20.3 Å². The molecule has 3 heteroatoms. The molecule has 1 aliphatic carbocycles. The van der Waals surface area contributed by atoms with E-state index in [-0.39, 0.29) is 5.41 Å².